The number of rotatable bonds is 5. The van der Waals surface area contributed by atoms with Gasteiger partial charge in [0.25, 0.3) is 0 Å². The van der Waals surface area contributed by atoms with Gasteiger partial charge < -0.3 is 5.41 Å². The van der Waals surface area contributed by atoms with Crippen molar-refractivity contribution in [3.8, 4) is 0 Å². The van der Waals surface area contributed by atoms with Gasteiger partial charge in [0.15, 0.2) is 0 Å². The zero-order valence-electron chi connectivity index (χ0n) is 9.59. The SMILES string of the molecule is CCC/C=C\C(=N)c1ccc(CC)cc1. The van der Waals surface area contributed by atoms with Crippen LogP contribution in [0.3, 0.4) is 0 Å². The predicted octanol–water partition coefficient (Wildman–Crippen LogP) is 3.97. The second kappa shape index (κ2) is 6.18. The minimum atomic E-state index is 0.603. The zero-order chi connectivity index (χ0) is 11.1. The van der Waals surface area contributed by atoms with Crippen LogP contribution in [-0.2, 0) is 6.42 Å². The second-order valence-corrected chi connectivity index (χ2v) is 3.66. The van der Waals surface area contributed by atoms with Gasteiger partial charge in [0.05, 0.1) is 5.71 Å². The number of aryl methyl sites for hydroxylation is 1. The van der Waals surface area contributed by atoms with Gasteiger partial charge in [0.2, 0.25) is 0 Å². The molecule has 1 aromatic carbocycles. The van der Waals surface area contributed by atoms with Crippen molar-refractivity contribution in [2.24, 2.45) is 0 Å². The summed E-state index contributed by atoms with van der Waals surface area (Å²) >= 11 is 0. The Balaban J connectivity index is 2.66. The van der Waals surface area contributed by atoms with E-state index in [2.05, 4.69) is 32.1 Å². The van der Waals surface area contributed by atoms with Crippen LogP contribution in [0.15, 0.2) is 36.4 Å². The Hall–Kier alpha value is -1.37. The van der Waals surface area contributed by atoms with E-state index in [0.29, 0.717) is 5.71 Å². The van der Waals surface area contributed by atoms with Crippen molar-refractivity contribution in [2.75, 3.05) is 0 Å². The number of allylic oxidation sites excluding steroid dienone is 2. The molecule has 0 radical (unpaired) electrons. The van der Waals surface area contributed by atoms with Crippen molar-refractivity contribution < 1.29 is 0 Å². The standard InChI is InChI=1S/C14H19N/c1-3-5-6-7-14(15)13-10-8-12(4-2)9-11-13/h6-11,15H,3-5H2,1-2H3/b7-6-,15-14?. The molecule has 0 unspecified atom stereocenters. The highest BCUT2D eigenvalue weighted by Gasteiger charge is 1.96. The van der Waals surface area contributed by atoms with Crippen molar-refractivity contribution >= 4 is 5.71 Å². The summed E-state index contributed by atoms with van der Waals surface area (Å²) in [6.45, 7) is 4.28. The third-order valence-electron chi connectivity index (χ3n) is 2.41. The molecule has 1 N–H and O–H groups in total. The molecule has 15 heavy (non-hydrogen) atoms. The molecule has 0 saturated heterocycles. The van der Waals surface area contributed by atoms with Crippen LogP contribution in [0.4, 0.5) is 0 Å². The van der Waals surface area contributed by atoms with Crippen LogP contribution < -0.4 is 0 Å². The first-order valence-corrected chi connectivity index (χ1v) is 5.62. The second-order valence-electron chi connectivity index (χ2n) is 3.66. The van der Waals surface area contributed by atoms with Crippen molar-refractivity contribution in [3.63, 3.8) is 0 Å². The first-order valence-electron chi connectivity index (χ1n) is 5.62. The summed E-state index contributed by atoms with van der Waals surface area (Å²) in [5, 5.41) is 7.85. The van der Waals surface area contributed by atoms with Crippen molar-refractivity contribution in [1.82, 2.24) is 0 Å². The van der Waals surface area contributed by atoms with Gasteiger partial charge in [-0.2, -0.15) is 0 Å². The van der Waals surface area contributed by atoms with E-state index in [9.17, 15) is 0 Å². The molecule has 0 heterocycles. The lowest BCUT2D eigenvalue weighted by Gasteiger charge is -2.00. The number of unbranched alkanes of at least 4 members (excludes halogenated alkanes) is 1. The Morgan fingerprint density at radius 1 is 1.20 bits per heavy atom. The fraction of sp³-hybridized carbons (Fsp3) is 0.357. The highest BCUT2D eigenvalue weighted by atomic mass is 14.4. The molecule has 1 heteroatoms. The third-order valence-corrected chi connectivity index (χ3v) is 2.41. The van der Waals surface area contributed by atoms with Gasteiger partial charge in [-0.15, -0.1) is 0 Å². The molecule has 80 valence electrons. The first-order chi connectivity index (χ1) is 7.27. The van der Waals surface area contributed by atoms with Crippen LogP contribution in [0.25, 0.3) is 0 Å². The summed E-state index contributed by atoms with van der Waals surface area (Å²) in [5.41, 5.74) is 2.93. The fourth-order valence-corrected chi connectivity index (χ4v) is 1.38. The minimum absolute atomic E-state index is 0.603. The van der Waals surface area contributed by atoms with Gasteiger partial charge >= 0.3 is 0 Å². The van der Waals surface area contributed by atoms with E-state index in [0.717, 1.165) is 24.8 Å². The molecular formula is C14H19N. The number of benzene rings is 1. The summed E-state index contributed by atoms with van der Waals surface area (Å²) < 4.78 is 0. The highest BCUT2D eigenvalue weighted by molar-refractivity contribution is 6.06. The maximum absolute atomic E-state index is 7.85. The highest BCUT2D eigenvalue weighted by Crippen LogP contribution is 2.06. The van der Waals surface area contributed by atoms with E-state index in [1.54, 1.807) is 0 Å². The first kappa shape index (κ1) is 11.7. The van der Waals surface area contributed by atoms with Crippen molar-refractivity contribution in [2.45, 2.75) is 33.1 Å². The maximum Gasteiger partial charge on any atom is 0.0609 e. The van der Waals surface area contributed by atoms with Gasteiger partial charge in [0.1, 0.15) is 0 Å². The lowest BCUT2D eigenvalue weighted by atomic mass is 10.1. The number of hydrogen-bond acceptors (Lipinski definition) is 1. The van der Waals surface area contributed by atoms with Gasteiger partial charge in [-0.05, 0) is 30.0 Å². The zero-order valence-corrected chi connectivity index (χ0v) is 9.59. The van der Waals surface area contributed by atoms with E-state index in [4.69, 9.17) is 5.41 Å². The topological polar surface area (TPSA) is 23.9 Å². The van der Waals surface area contributed by atoms with Crippen LogP contribution in [-0.4, -0.2) is 5.71 Å². The largest absolute Gasteiger partial charge is 0.300 e. The van der Waals surface area contributed by atoms with Crippen molar-refractivity contribution in [3.05, 3.63) is 47.5 Å². The molecule has 0 aliphatic carbocycles. The molecule has 1 rings (SSSR count). The van der Waals surface area contributed by atoms with Gasteiger partial charge in [-0.25, -0.2) is 0 Å². The quantitative estimate of drug-likeness (QED) is 0.697. The average Bonchev–Trinajstić information content (AvgIpc) is 2.29. The molecule has 0 aliphatic rings. The molecule has 0 fully saturated rings. The van der Waals surface area contributed by atoms with Crippen LogP contribution in [0.5, 0.6) is 0 Å². The third kappa shape index (κ3) is 3.70. The Kier molecular flexibility index (Phi) is 4.82. The molecule has 0 saturated carbocycles. The smallest absolute Gasteiger partial charge is 0.0609 e. The van der Waals surface area contributed by atoms with E-state index in [1.807, 2.05) is 18.2 Å². The molecule has 1 nitrogen and oxygen atoms in total. The number of hydrogen-bond donors (Lipinski definition) is 1. The lowest BCUT2D eigenvalue weighted by Crippen LogP contribution is -1.94. The summed E-state index contributed by atoms with van der Waals surface area (Å²) in [6, 6.07) is 8.24. The molecule has 0 aromatic heterocycles. The van der Waals surface area contributed by atoms with Crippen LogP contribution in [0.1, 0.15) is 37.8 Å². The fourth-order valence-electron chi connectivity index (χ4n) is 1.38. The molecule has 1 aromatic rings. The van der Waals surface area contributed by atoms with E-state index in [-0.39, 0.29) is 0 Å². The summed E-state index contributed by atoms with van der Waals surface area (Å²) in [7, 11) is 0. The Morgan fingerprint density at radius 2 is 1.87 bits per heavy atom. The average molecular weight is 201 g/mol. The maximum atomic E-state index is 7.85. The molecule has 0 atom stereocenters. The molecular weight excluding hydrogens is 182 g/mol. The summed E-state index contributed by atoms with van der Waals surface area (Å²) in [5.74, 6) is 0. The van der Waals surface area contributed by atoms with E-state index < -0.39 is 0 Å². The lowest BCUT2D eigenvalue weighted by molar-refractivity contribution is 0.959. The van der Waals surface area contributed by atoms with Crippen molar-refractivity contribution in [1.29, 1.82) is 5.41 Å². The normalized spacial score (nSPS) is 10.8. The molecule has 0 bridgehead atoms. The number of nitrogens with one attached hydrogen (secondary N) is 1. The van der Waals surface area contributed by atoms with Crippen LogP contribution in [0.2, 0.25) is 0 Å². The van der Waals surface area contributed by atoms with E-state index >= 15 is 0 Å². The van der Waals surface area contributed by atoms with Crippen LogP contribution in [0, 0.1) is 5.41 Å². The monoisotopic (exact) mass is 201 g/mol. The molecule has 0 amide bonds. The van der Waals surface area contributed by atoms with Gasteiger partial charge in [-0.3, -0.25) is 0 Å². The summed E-state index contributed by atoms with van der Waals surface area (Å²) in [4.78, 5) is 0. The van der Waals surface area contributed by atoms with Gasteiger partial charge in [0, 0.05) is 0 Å². The van der Waals surface area contributed by atoms with Crippen LogP contribution >= 0.6 is 0 Å². The molecule has 0 spiro atoms. The Labute approximate surface area is 92.3 Å². The predicted molar refractivity (Wildman–Crippen MR) is 66.7 cm³/mol. The Morgan fingerprint density at radius 3 is 2.40 bits per heavy atom. The van der Waals surface area contributed by atoms with Gasteiger partial charge in [-0.1, -0.05) is 50.6 Å². The Bertz CT molecular complexity index is 333. The van der Waals surface area contributed by atoms with E-state index in [1.165, 1.54) is 5.56 Å². The molecule has 0 aliphatic heterocycles. The summed E-state index contributed by atoms with van der Waals surface area (Å²) in [6.07, 6.45) is 7.20. The minimum Gasteiger partial charge on any atom is -0.300 e.